The lowest BCUT2D eigenvalue weighted by atomic mass is 9.93. The van der Waals surface area contributed by atoms with E-state index in [1.165, 1.54) is 0 Å². The summed E-state index contributed by atoms with van der Waals surface area (Å²) in [5.41, 5.74) is 4.62. The first kappa shape index (κ1) is 14.4. The van der Waals surface area contributed by atoms with E-state index in [2.05, 4.69) is 4.90 Å². The Hall–Kier alpha value is -0.650. The van der Waals surface area contributed by atoms with Gasteiger partial charge in [0.05, 0.1) is 12.2 Å². The van der Waals surface area contributed by atoms with E-state index >= 15 is 0 Å². The summed E-state index contributed by atoms with van der Waals surface area (Å²) >= 11 is 0. The summed E-state index contributed by atoms with van der Waals surface area (Å²) in [7, 11) is 0. The fourth-order valence-corrected chi connectivity index (χ4v) is 2.41. The Morgan fingerprint density at radius 3 is 2.41 bits per heavy atom. The molecule has 0 bridgehead atoms. The third-order valence-electron chi connectivity index (χ3n) is 3.28. The smallest absolute Gasteiger partial charge is 0.323 e. The number of carbonyl (C=O) groups is 1. The molecule has 0 aromatic carbocycles. The summed E-state index contributed by atoms with van der Waals surface area (Å²) in [5.74, 6) is -0.946. The molecule has 4 atom stereocenters. The number of hydrogen-bond acceptors (Lipinski definition) is 4. The first-order chi connectivity index (χ1) is 7.72. The highest BCUT2D eigenvalue weighted by atomic mass is 16.5. The summed E-state index contributed by atoms with van der Waals surface area (Å²) in [5, 5.41) is 9.02. The second-order valence-electron chi connectivity index (χ2n) is 5.49. The average Bonchev–Trinajstić information content (AvgIpc) is 2.15. The van der Waals surface area contributed by atoms with Gasteiger partial charge in [0, 0.05) is 19.1 Å². The lowest BCUT2D eigenvalue weighted by molar-refractivity contribution is -0.144. The normalized spacial score (nSPS) is 31.8. The molecular weight excluding hydrogens is 220 g/mol. The largest absolute Gasteiger partial charge is 0.480 e. The number of carboxylic acids is 1. The standard InChI is InChI=1S/C12H24N2O3/c1-8(5-12(4,13)11(15)16)14-6-9(2)17-10(3)7-14/h8-10H,5-7,13H2,1-4H3,(H,15,16). The Balaban J connectivity index is 2.58. The molecule has 0 radical (unpaired) electrons. The molecule has 100 valence electrons. The number of nitrogens with two attached hydrogens (primary N) is 1. The van der Waals surface area contributed by atoms with Crippen LogP contribution in [0.5, 0.6) is 0 Å². The van der Waals surface area contributed by atoms with E-state index in [0.29, 0.717) is 6.42 Å². The van der Waals surface area contributed by atoms with Crippen LogP contribution in [0.2, 0.25) is 0 Å². The van der Waals surface area contributed by atoms with Gasteiger partial charge in [-0.3, -0.25) is 9.69 Å². The van der Waals surface area contributed by atoms with Crippen molar-refractivity contribution in [1.82, 2.24) is 4.90 Å². The van der Waals surface area contributed by atoms with Crippen LogP contribution >= 0.6 is 0 Å². The molecule has 0 spiro atoms. The summed E-state index contributed by atoms with van der Waals surface area (Å²) < 4.78 is 5.65. The lowest BCUT2D eigenvalue weighted by Crippen LogP contribution is -2.54. The zero-order valence-corrected chi connectivity index (χ0v) is 11.1. The molecule has 5 nitrogen and oxygen atoms in total. The zero-order valence-electron chi connectivity index (χ0n) is 11.1. The predicted octanol–water partition coefficient (Wildman–Crippen LogP) is 0.676. The molecular formula is C12H24N2O3. The Morgan fingerprint density at radius 2 is 2.00 bits per heavy atom. The van der Waals surface area contributed by atoms with Gasteiger partial charge in [-0.25, -0.2) is 0 Å². The van der Waals surface area contributed by atoms with Crippen LogP contribution < -0.4 is 5.73 Å². The van der Waals surface area contributed by atoms with E-state index in [0.717, 1.165) is 13.1 Å². The van der Waals surface area contributed by atoms with Gasteiger partial charge >= 0.3 is 5.97 Å². The maximum absolute atomic E-state index is 11.0. The molecule has 1 heterocycles. The highest BCUT2D eigenvalue weighted by molar-refractivity contribution is 5.77. The molecule has 0 amide bonds. The molecule has 1 saturated heterocycles. The fourth-order valence-electron chi connectivity index (χ4n) is 2.41. The van der Waals surface area contributed by atoms with Gasteiger partial charge in [-0.2, -0.15) is 0 Å². The first-order valence-corrected chi connectivity index (χ1v) is 6.14. The van der Waals surface area contributed by atoms with E-state index in [1.807, 2.05) is 20.8 Å². The monoisotopic (exact) mass is 244 g/mol. The van der Waals surface area contributed by atoms with Crippen molar-refractivity contribution in [1.29, 1.82) is 0 Å². The van der Waals surface area contributed by atoms with Crippen molar-refractivity contribution in [2.45, 2.75) is 57.9 Å². The summed E-state index contributed by atoms with van der Waals surface area (Å²) in [4.78, 5) is 13.3. The van der Waals surface area contributed by atoms with E-state index in [1.54, 1.807) is 6.92 Å². The van der Waals surface area contributed by atoms with Crippen molar-refractivity contribution in [2.24, 2.45) is 5.73 Å². The van der Waals surface area contributed by atoms with Gasteiger partial charge in [0.15, 0.2) is 0 Å². The molecule has 1 aliphatic rings. The highest BCUT2D eigenvalue weighted by Crippen LogP contribution is 2.19. The minimum Gasteiger partial charge on any atom is -0.480 e. The SMILES string of the molecule is CC1CN(C(C)CC(C)(N)C(=O)O)CC(C)O1. The van der Waals surface area contributed by atoms with E-state index in [-0.39, 0.29) is 18.2 Å². The number of ether oxygens (including phenoxy) is 1. The number of aliphatic carboxylic acids is 1. The Kier molecular flexibility index (Phi) is 4.52. The highest BCUT2D eigenvalue weighted by Gasteiger charge is 2.34. The molecule has 1 rings (SSSR count). The van der Waals surface area contributed by atoms with Crippen LogP contribution in [0.4, 0.5) is 0 Å². The Labute approximate surface area is 103 Å². The molecule has 0 aliphatic carbocycles. The third kappa shape index (κ3) is 3.94. The van der Waals surface area contributed by atoms with Gasteiger partial charge < -0.3 is 15.6 Å². The van der Waals surface area contributed by atoms with Crippen molar-refractivity contribution in [3.63, 3.8) is 0 Å². The van der Waals surface area contributed by atoms with E-state index in [9.17, 15) is 4.79 Å². The van der Waals surface area contributed by atoms with Crippen LogP contribution in [0.25, 0.3) is 0 Å². The van der Waals surface area contributed by atoms with Gasteiger partial charge in [0.2, 0.25) is 0 Å². The predicted molar refractivity (Wildman–Crippen MR) is 65.9 cm³/mol. The average molecular weight is 244 g/mol. The Bertz CT molecular complexity index is 271. The molecule has 1 aliphatic heterocycles. The maximum Gasteiger partial charge on any atom is 0.323 e. The van der Waals surface area contributed by atoms with Crippen molar-refractivity contribution in [2.75, 3.05) is 13.1 Å². The summed E-state index contributed by atoms with van der Waals surface area (Å²) in [6.07, 6.45) is 0.826. The third-order valence-corrected chi connectivity index (χ3v) is 3.28. The molecule has 0 aromatic rings. The number of rotatable bonds is 4. The number of nitrogens with zero attached hydrogens (tertiary/aromatic N) is 1. The van der Waals surface area contributed by atoms with Gasteiger partial charge in [0.25, 0.3) is 0 Å². The molecule has 1 fully saturated rings. The van der Waals surface area contributed by atoms with Crippen LogP contribution in [0, 0.1) is 0 Å². The van der Waals surface area contributed by atoms with E-state index < -0.39 is 11.5 Å². The topological polar surface area (TPSA) is 75.8 Å². The van der Waals surface area contributed by atoms with Gasteiger partial charge in [-0.1, -0.05) is 0 Å². The summed E-state index contributed by atoms with van der Waals surface area (Å²) in [6, 6.07) is 0.148. The number of hydrogen-bond donors (Lipinski definition) is 2. The zero-order chi connectivity index (χ0) is 13.2. The van der Waals surface area contributed by atoms with Crippen LogP contribution in [-0.2, 0) is 9.53 Å². The van der Waals surface area contributed by atoms with Crippen LogP contribution in [0.3, 0.4) is 0 Å². The number of morpholine rings is 1. The molecule has 3 N–H and O–H groups in total. The van der Waals surface area contributed by atoms with Crippen molar-refractivity contribution in [3.8, 4) is 0 Å². The minimum absolute atomic E-state index is 0.148. The summed E-state index contributed by atoms with van der Waals surface area (Å²) in [6.45, 7) is 9.34. The van der Waals surface area contributed by atoms with Gasteiger partial charge in [-0.15, -0.1) is 0 Å². The van der Waals surface area contributed by atoms with Gasteiger partial charge in [-0.05, 0) is 34.1 Å². The molecule has 4 unspecified atom stereocenters. The van der Waals surface area contributed by atoms with Crippen molar-refractivity contribution < 1.29 is 14.6 Å². The van der Waals surface area contributed by atoms with Crippen LogP contribution in [-0.4, -0.2) is 52.9 Å². The quantitative estimate of drug-likeness (QED) is 0.760. The van der Waals surface area contributed by atoms with Gasteiger partial charge in [0.1, 0.15) is 5.54 Å². The van der Waals surface area contributed by atoms with E-state index in [4.69, 9.17) is 15.6 Å². The Morgan fingerprint density at radius 1 is 1.53 bits per heavy atom. The second-order valence-corrected chi connectivity index (χ2v) is 5.49. The molecule has 0 aromatic heterocycles. The lowest BCUT2D eigenvalue weighted by Gasteiger charge is -2.40. The van der Waals surface area contributed by atoms with Crippen molar-refractivity contribution >= 4 is 5.97 Å². The molecule has 0 saturated carbocycles. The van der Waals surface area contributed by atoms with Crippen LogP contribution in [0.1, 0.15) is 34.1 Å². The fraction of sp³-hybridized carbons (Fsp3) is 0.917. The number of carboxylic acid groups (broad SMARTS) is 1. The second kappa shape index (κ2) is 5.33. The van der Waals surface area contributed by atoms with Crippen molar-refractivity contribution in [3.05, 3.63) is 0 Å². The minimum atomic E-state index is -1.16. The van der Waals surface area contributed by atoms with Crippen LogP contribution in [0.15, 0.2) is 0 Å². The maximum atomic E-state index is 11.0. The molecule has 5 heteroatoms. The first-order valence-electron chi connectivity index (χ1n) is 6.14. The molecule has 17 heavy (non-hydrogen) atoms.